The fourth-order valence-electron chi connectivity index (χ4n) is 4.21. The Labute approximate surface area is 194 Å². The van der Waals surface area contributed by atoms with Gasteiger partial charge in [-0.3, -0.25) is 9.59 Å². The Hall–Kier alpha value is -3.90. The zero-order valence-corrected chi connectivity index (χ0v) is 18.3. The van der Waals surface area contributed by atoms with E-state index in [9.17, 15) is 14.4 Å². The molecule has 4 aromatic rings. The van der Waals surface area contributed by atoms with Gasteiger partial charge in [-0.25, -0.2) is 4.79 Å². The van der Waals surface area contributed by atoms with E-state index in [-0.39, 0.29) is 23.3 Å². The number of halogens is 1. The molecule has 0 radical (unpaired) electrons. The molecule has 1 aliphatic rings. The van der Waals surface area contributed by atoms with Gasteiger partial charge in [-0.1, -0.05) is 54.1 Å². The molecule has 1 amide bonds. The number of benzene rings is 3. The van der Waals surface area contributed by atoms with E-state index in [1.54, 1.807) is 59.5 Å². The van der Waals surface area contributed by atoms with E-state index in [0.29, 0.717) is 27.1 Å². The molecule has 164 valence electrons. The van der Waals surface area contributed by atoms with Gasteiger partial charge in [0, 0.05) is 11.6 Å². The summed E-state index contributed by atoms with van der Waals surface area (Å²) in [5.41, 5.74) is 2.15. The van der Waals surface area contributed by atoms with Gasteiger partial charge in [-0.05, 0) is 41.5 Å². The first kappa shape index (κ1) is 21.0. The second-order valence-electron chi connectivity index (χ2n) is 7.71. The summed E-state index contributed by atoms with van der Waals surface area (Å²) in [6.45, 7) is 0.182. The Morgan fingerprint density at radius 2 is 1.70 bits per heavy atom. The zero-order valence-electron chi connectivity index (χ0n) is 17.6. The van der Waals surface area contributed by atoms with Gasteiger partial charge in [0.05, 0.1) is 29.7 Å². The number of carbonyl (C=O) groups is 2. The van der Waals surface area contributed by atoms with Gasteiger partial charge >= 0.3 is 5.97 Å². The third kappa shape index (κ3) is 3.49. The normalized spacial score (nSPS) is 15.0. The number of para-hydroxylation sites is 1. The summed E-state index contributed by atoms with van der Waals surface area (Å²) in [4.78, 5) is 40.4. The average Bonchev–Trinajstić information content (AvgIpc) is 3.12. The van der Waals surface area contributed by atoms with Crippen LogP contribution in [0.15, 0.2) is 82.0 Å². The third-order valence-corrected chi connectivity index (χ3v) is 6.19. The SMILES string of the molecule is COC(=O)c1ccc(C2c3c(oc4ccccc4c3=O)C(=O)N2Cc2ccccc2Cl)cc1. The highest BCUT2D eigenvalue weighted by Crippen LogP contribution is 2.39. The fraction of sp³-hybridized carbons (Fsp3) is 0.115. The Kier molecular flexibility index (Phi) is 5.23. The van der Waals surface area contributed by atoms with Gasteiger partial charge in [0.2, 0.25) is 5.76 Å². The van der Waals surface area contributed by atoms with E-state index >= 15 is 0 Å². The molecule has 1 aliphatic heterocycles. The van der Waals surface area contributed by atoms with Crippen molar-refractivity contribution in [1.82, 2.24) is 4.90 Å². The Balaban J connectivity index is 1.69. The molecule has 1 atom stereocenters. The fourth-order valence-corrected chi connectivity index (χ4v) is 4.40. The van der Waals surface area contributed by atoms with Crippen LogP contribution in [0.3, 0.4) is 0 Å². The highest BCUT2D eigenvalue weighted by Gasteiger charge is 2.42. The van der Waals surface area contributed by atoms with Crippen LogP contribution in [0.2, 0.25) is 5.02 Å². The van der Waals surface area contributed by atoms with E-state index < -0.39 is 17.9 Å². The van der Waals surface area contributed by atoms with Crippen molar-refractivity contribution < 1.29 is 18.7 Å². The van der Waals surface area contributed by atoms with Crippen molar-refractivity contribution in [3.05, 3.63) is 116 Å². The third-order valence-electron chi connectivity index (χ3n) is 5.82. The van der Waals surface area contributed by atoms with Gasteiger partial charge in [0.15, 0.2) is 5.43 Å². The number of amides is 1. The minimum Gasteiger partial charge on any atom is -0.465 e. The number of ether oxygens (including phenoxy) is 1. The van der Waals surface area contributed by atoms with Crippen LogP contribution in [0.1, 0.15) is 43.6 Å². The van der Waals surface area contributed by atoms with E-state index in [0.717, 1.165) is 5.56 Å². The lowest BCUT2D eigenvalue weighted by molar-refractivity contribution is 0.0599. The molecule has 6 nitrogen and oxygen atoms in total. The maximum atomic E-state index is 13.5. The van der Waals surface area contributed by atoms with Crippen molar-refractivity contribution in [3.63, 3.8) is 0 Å². The van der Waals surface area contributed by atoms with Crippen LogP contribution in [0.25, 0.3) is 11.0 Å². The lowest BCUT2D eigenvalue weighted by Crippen LogP contribution is -2.29. The van der Waals surface area contributed by atoms with Crippen molar-refractivity contribution in [2.24, 2.45) is 0 Å². The van der Waals surface area contributed by atoms with Crippen molar-refractivity contribution in [1.29, 1.82) is 0 Å². The van der Waals surface area contributed by atoms with Crippen molar-refractivity contribution >= 4 is 34.4 Å². The molecule has 0 N–H and O–H groups in total. The Bertz CT molecular complexity index is 1460. The molecule has 0 bridgehead atoms. The smallest absolute Gasteiger partial charge is 0.337 e. The molecule has 1 aromatic heterocycles. The molecule has 1 unspecified atom stereocenters. The molecule has 0 fully saturated rings. The van der Waals surface area contributed by atoms with Crippen molar-refractivity contribution in [3.8, 4) is 0 Å². The summed E-state index contributed by atoms with van der Waals surface area (Å²) in [6.07, 6.45) is 0. The van der Waals surface area contributed by atoms with Gasteiger partial charge < -0.3 is 14.1 Å². The standard InChI is InChI=1S/C26H18ClNO5/c1-32-26(31)16-12-10-15(11-13-16)22-21-23(29)18-7-3-5-9-20(18)33-24(21)25(30)28(22)14-17-6-2-4-8-19(17)27/h2-13,22H,14H2,1H3. The Morgan fingerprint density at radius 3 is 2.42 bits per heavy atom. The Morgan fingerprint density at radius 1 is 1.00 bits per heavy atom. The lowest BCUT2D eigenvalue weighted by atomic mass is 9.97. The summed E-state index contributed by atoms with van der Waals surface area (Å²) in [5, 5.41) is 0.922. The van der Waals surface area contributed by atoms with Crippen LogP contribution < -0.4 is 5.43 Å². The van der Waals surface area contributed by atoms with Crippen molar-refractivity contribution in [2.75, 3.05) is 7.11 Å². The van der Waals surface area contributed by atoms with Crippen LogP contribution in [0.4, 0.5) is 0 Å². The molecule has 3 aromatic carbocycles. The van der Waals surface area contributed by atoms with Gasteiger partial charge in [0.1, 0.15) is 5.58 Å². The number of hydrogen-bond acceptors (Lipinski definition) is 5. The van der Waals surface area contributed by atoms with Gasteiger partial charge in [-0.2, -0.15) is 0 Å². The van der Waals surface area contributed by atoms with Crippen LogP contribution in [0.5, 0.6) is 0 Å². The quantitative estimate of drug-likeness (QED) is 0.402. The minimum atomic E-state index is -0.698. The molecule has 0 aliphatic carbocycles. The molecular formula is C26H18ClNO5. The second kappa shape index (κ2) is 8.22. The monoisotopic (exact) mass is 459 g/mol. The summed E-state index contributed by atoms with van der Waals surface area (Å²) in [6, 6.07) is 20.1. The molecular weight excluding hydrogens is 442 g/mol. The summed E-state index contributed by atoms with van der Waals surface area (Å²) >= 11 is 6.37. The molecule has 5 rings (SSSR count). The average molecular weight is 460 g/mol. The molecule has 33 heavy (non-hydrogen) atoms. The molecule has 0 saturated heterocycles. The van der Waals surface area contributed by atoms with Crippen LogP contribution in [0, 0.1) is 0 Å². The van der Waals surface area contributed by atoms with E-state index in [1.807, 2.05) is 18.2 Å². The molecule has 0 spiro atoms. The zero-order chi connectivity index (χ0) is 23.1. The number of methoxy groups -OCH3 is 1. The van der Waals surface area contributed by atoms with Crippen LogP contribution in [-0.4, -0.2) is 23.9 Å². The first-order valence-electron chi connectivity index (χ1n) is 10.3. The highest BCUT2D eigenvalue weighted by molar-refractivity contribution is 6.31. The van der Waals surface area contributed by atoms with E-state index in [2.05, 4.69) is 0 Å². The number of esters is 1. The highest BCUT2D eigenvalue weighted by atomic mass is 35.5. The number of fused-ring (bicyclic) bond motifs is 2. The van der Waals surface area contributed by atoms with E-state index in [4.69, 9.17) is 20.8 Å². The topological polar surface area (TPSA) is 76.8 Å². The number of nitrogens with zero attached hydrogens (tertiary/aromatic N) is 1. The van der Waals surface area contributed by atoms with Gasteiger partial charge in [-0.15, -0.1) is 0 Å². The van der Waals surface area contributed by atoms with Crippen molar-refractivity contribution in [2.45, 2.75) is 12.6 Å². The number of rotatable bonds is 4. The largest absolute Gasteiger partial charge is 0.465 e. The summed E-state index contributed by atoms with van der Waals surface area (Å²) in [7, 11) is 1.31. The maximum absolute atomic E-state index is 13.5. The predicted octanol–water partition coefficient (Wildman–Crippen LogP) is 4.98. The molecule has 0 saturated carbocycles. The summed E-state index contributed by atoms with van der Waals surface area (Å²) in [5.74, 6) is -0.842. The van der Waals surface area contributed by atoms with E-state index in [1.165, 1.54) is 7.11 Å². The predicted molar refractivity (Wildman–Crippen MR) is 123 cm³/mol. The van der Waals surface area contributed by atoms with Gasteiger partial charge in [0.25, 0.3) is 5.91 Å². The first-order chi connectivity index (χ1) is 16.0. The summed E-state index contributed by atoms with van der Waals surface area (Å²) < 4.78 is 10.7. The minimum absolute atomic E-state index is 0.0211. The number of carbonyl (C=O) groups excluding carboxylic acids is 2. The molecule has 7 heteroatoms. The first-order valence-corrected chi connectivity index (χ1v) is 10.7. The maximum Gasteiger partial charge on any atom is 0.337 e. The lowest BCUT2D eigenvalue weighted by Gasteiger charge is -2.25. The number of hydrogen-bond donors (Lipinski definition) is 0. The molecule has 2 heterocycles. The second-order valence-corrected chi connectivity index (χ2v) is 8.12. The van der Waals surface area contributed by atoms with Crippen LogP contribution >= 0.6 is 11.6 Å². The van der Waals surface area contributed by atoms with Crippen LogP contribution in [-0.2, 0) is 11.3 Å².